The zero-order chi connectivity index (χ0) is 18.8. The summed E-state index contributed by atoms with van der Waals surface area (Å²) in [5.41, 5.74) is 2.61. The van der Waals surface area contributed by atoms with Crippen LogP contribution in [0.4, 0.5) is 17.5 Å². The fraction of sp³-hybridized carbons (Fsp3) is 0.150. The number of aromatic nitrogens is 4. The number of ether oxygens (including phenoxy) is 1. The van der Waals surface area contributed by atoms with Crippen LogP contribution in [0.5, 0.6) is 5.75 Å². The van der Waals surface area contributed by atoms with Crippen LogP contribution in [0.15, 0.2) is 60.8 Å². The van der Waals surface area contributed by atoms with Crippen LogP contribution in [-0.2, 0) is 0 Å². The van der Waals surface area contributed by atoms with E-state index in [1.807, 2.05) is 78.3 Å². The molecule has 2 aromatic carbocycles. The number of nitrogens with one attached hydrogen (secondary N) is 1. The maximum atomic E-state index is 5.22. The molecule has 1 N–H and O–H groups in total. The van der Waals surface area contributed by atoms with Crippen molar-refractivity contribution in [2.24, 2.45) is 0 Å². The molecule has 27 heavy (non-hydrogen) atoms. The zero-order valence-corrected chi connectivity index (χ0v) is 15.4. The molecule has 7 nitrogen and oxygen atoms in total. The van der Waals surface area contributed by atoms with E-state index >= 15 is 0 Å². The van der Waals surface area contributed by atoms with E-state index in [9.17, 15) is 0 Å². The number of rotatable bonds is 5. The molecule has 0 radical (unpaired) electrons. The normalized spacial score (nSPS) is 10.8. The molecule has 0 aliphatic carbocycles. The van der Waals surface area contributed by atoms with Gasteiger partial charge in [0, 0.05) is 19.8 Å². The lowest BCUT2D eigenvalue weighted by Crippen LogP contribution is -2.14. The highest BCUT2D eigenvalue weighted by atomic mass is 16.5. The van der Waals surface area contributed by atoms with E-state index in [1.54, 1.807) is 13.3 Å². The Balaban J connectivity index is 1.82. The Hall–Kier alpha value is -3.61. The van der Waals surface area contributed by atoms with E-state index in [4.69, 9.17) is 9.72 Å². The van der Waals surface area contributed by atoms with Crippen molar-refractivity contribution in [3.05, 3.63) is 60.8 Å². The summed E-state index contributed by atoms with van der Waals surface area (Å²) in [6.45, 7) is 0. The van der Waals surface area contributed by atoms with Gasteiger partial charge in [0.2, 0.25) is 5.95 Å². The Bertz CT molecular complexity index is 1060. The molecule has 0 spiro atoms. The van der Waals surface area contributed by atoms with Gasteiger partial charge in [-0.15, -0.1) is 0 Å². The van der Waals surface area contributed by atoms with Gasteiger partial charge in [-0.1, -0.05) is 18.2 Å². The van der Waals surface area contributed by atoms with Crippen LogP contribution in [0.3, 0.4) is 0 Å². The summed E-state index contributed by atoms with van der Waals surface area (Å²) < 4.78 is 7.04. The molecule has 4 aromatic rings. The average molecular weight is 360 g/mol. The summed E-state index contributed by atoms with van der Waals surface area (Å²) in [4.78, 5) is 11.2. The number of para-hydroxylation sites is 1. The summed E-state index contributed by atoms with van der Waals surface area (Å²) in [5.74, 6) is 2.12. The van der Waals surface area contributed by atoms with Gasteiger partial charge in [-0.2, -0.15) is 15.1 Å². The highest BCUT2D eigenvalue weighted by Gasteiger charge is 2.15. The molecule has 7 heteroatoms. The van der Waals surface area contributed by atoms with E-state index in [0.717, 1.165) is 28.2 Å². The quantitative estimate of drug-likeness (QED) is 0.586. The maximum Gasteiger partial charge on any atom is 0.228 e. The van der Waals surface area contributed by atoms with Crippen LogP contribution in [0.2, 0.25) is 0 Å². The van der Waals surface area contributed by atoms with Gasteiger partial charge < -0.3 is 15.0 Å². The van der Waals surface area contributed by atoms with Gasteiger partial charge in [0.05, 0.1) is 24.4 Å². The highest BCUT2D eigenvalue weighted by Crippen LogP contribution is 2.28. The minimum absolute atomic E-state index is 0.608. The summed E-state index contributed by atoms with van der Waals surface area (Å²) >= 11 is 0. The molecule has 4 rings (SSSR count). The number of methoxy groups -OCH3 is 1. The topological polar surface area (TPSA) is 68.1 Å². The predicted octanol–water partition coefficient (Wildman–Crippen LogP) is 3.63. The summed E-state index contributed by atoms with van der Waals surface area (Å²) in [6, 6.07) is 17.6. The first-order valence-corrected chi connectivity index (χ1v) is 8.55. The molecule has 0 aliphatic rings. The standard InChI is InChI=1S/C20H20N6O/c1-25(2)20-23-18(22-14-9-11-16(27-3)12-10-14)17-13-21-26(19(17)24-20)15-7-5-4-6-8-15/h4-13H,1-3H3,(H,22,23,24). The van der Waals surface area contributed by atoms with Crippen molar-refractivity contribution in [3.63, 3.8) is 0 Å². The Morgan fingerprint density at radius 3 is 2.37 bits per heavy atom. The maximum absolute atomic E-state index is 5.22. The second kappa shape index (κ2) is 6.95. The average Bonchev–Trinajstić information content (AvgIpc) is 3.13. The van der Waals surface area contributed by atoms with Gasteiger partial charge >= 0.3 is 0 Å². The van der Waals surface area contributed by atoms with Crippen molar-refractivity contribution in [1.29, 1.82) is 0 Å². The fourth-order valence-corrected chi connectivity index (χ4v) is 2.76. The van der Waals surface area contributed by atoms with E-state index in [0.29, 0.717) is 11.8 Å². The minimum Gasteiger partial charge on any atom is -0.497 e. The monoisotopic (exact) mass is 360 g/mol. The Kier molecular flexibility index (Phi) is 4.33. The molecular formula is C20H20N6O. The number of anilines is 3. The lowest BCUT2D eigenvalue weighted by Gasteiger charge is -2.14. The van der Waals surface area contributed by atoms with Crippen LogP contribution in [0, 0.1) is 0 Å². The smallest absolute Gasteiger partial charge is 0.228 e. The SMILES string of the molecule is COc1ccc(Nc2nc(N(C)C)nc3c2cnn3-c2ccccc2)cc1. The van der Waals surface area contributed by atoms with Gasteiger partial charge in [0.1, 0.15) is 11.6 Å². The van der Waals surface area contributed by atoms with Crippen LogP contribution in [0.1, 0.15) is 0 Å². The van der Waals surface area contributed by atoms with Crippen LogP contribution in [-0.4, -0.2) is 41.0 Å². The van der Waals surface area contributed by atoms with Gasteiger partial charge in [0.15, 0.2) is 5.65 Å². The third-order valence-electron chi connectivity index (χ3n) is 4.17. The lowest BCUT2D eigenvalue weighted by atomic mass is 10.3. The van der Waals surface area contributed by atoms with Crippen molar-refractivity contribution >= 4 is 28.5 Å². The largest absolute Gasteiger partial charge is 0.497 e. The number of fused-ring (bicyclic) bond motifs is 1. The number of benzene rings is 2. The Labute approximate surface area is 157 Å². The third kappa shape index (κ3) is 3.27. The molecule has 0 bridgehead atoms. The Morgan fingerprint density at radius 1 is 0.963 bits per heavy atom. The third-order valence-corrected chi connectivity index (χ3v) is 4.17. The van der Waals surface area contributed by atoms with E-state index < -0.39 is 0 Å². The molecular weight excluding hydrogens is 340 g/mol. The van der Waals surface area contributed by atoms with Crippen LogP contribution >= 0.6 is 0 Å². The second-order valence-electron chi connectivity index (χ2n) is 6.25. The molecule has 2 aromatic heterocycles. The first-order valence-electron chi connectivity index (χ1n) is 8.55. The molecule has 2 heterocycles. The summed E-state index contributed by atoms with van der Waals surface area (Å²) in [7, 11) is 5.49. The first kappa shape index (κ1) is 16.8. The van der Waals surface area contributed by atoms with Gasteiger partial charge in [-0.05, 0) is 36.4 Å². The second-order valence-corrected chi connectivity index (χ2v) is 6.25. The number of hydrogen-bond acceptors (Lipinski definition) is 6. The predicted molar refractivity (Wildman–Crippen MR) is 107 cm³/mol. The molecule has 0 fully saturated rings. The molecule has 0 amide bonds. The number of nitrogens with zero attached hydrogens (tertiary/aromatic N) is 5. The van der Waals surface area contributed by atoms with Crippen molar-refractivity contribution < 1.29 is 4.74 Å². The lowest BCUT2D eigenvalue weighted by molar-refractivity contribution is 0.415. The molecule has 0 saturated heterocycles. The summed E-state index contributed by atoms with van der Waals surface area (Å²) in [5, 5.41) is 8.75. The molecule has 0 unspecified atom stereocenters. The van der Waals surface area contributed by atoms with E-state index in [1.165, 1.54) is 0 Å². The molecule has 0 atom stereocenters. The zero-order valence-electron chi connectivity index (χ0n) is 15.4. The van der Waals surface area contributed by atoms with E-state index in [-0.39, 0.29) is 0 Å². The Morgan fingerprint density at radius 2 is 1.70 bits per heavy atom. The summed E-state index contributed by atoms with van der Waals surface area (Å²) in [6.07, 6.45) is 1.79. The van der Waals surface area contributed by atoms with Crippen molar-refractivity contribution in [1.82, 2.24) is 19.7 Å². The van der Waals surface area contributed by atoms with Gasteiger partial charge in [0.25, 0.3) is 0 Å². The minimum atomic E-state index is 0.608. The van der Waals surface area contributed by atoms with Gasteiger partial charge in [-0.3, -0.25) is 0 Å². The van der Waals surface area contributed by atoms with Gasteiger partial charge in [-0.25, -0.2) is 4.68 Å². The van der Waals surface area contributed by atoms with Crippen LogP contribution < -0.4 is 15.0 Å². The van der Waals surface area contributed by atoms with Crippen molar-refractivity contribution in [2.75, 3.05) is 31.4 Å². The van der Waals surface area contributed by atoms with Crippen molar-refractivity contribution in [3.8, 4) is 11.4 Å². The first-order chi connectivity index (χ1) is 13.2. The van der Waals surface area contributed by atoms with E-state index in [2.05, 4.69) is 15.4 Å². The fourth-order valence-electron chi connectivity index (χ4n) is 2.76. The molecule has 0 saturated carbocycles. The van der Waals surface area contributed by atoms with Crippen molar-refractivity contribution in [2.45, 2.75) is 0 Å². The number of hydrogen-bond donors (Lipinski definition) is 1. The highest BCUT2D eigenvalue weighted by molar-refractivity contribution is 5.90. The van der Waals surface area contributed by atoms with Crippen LogP contribution in [0.25, 0.3) is 16.7 Å². The molecule has 136 valence electrons. The molecule has 0 aliphatic heterocycles.